The molecular formula is C28H36N4O6. The number of hydrogen-bond acceptors (Lipinski definition) is 6. The van der Waals surface area contributed by atoms with Crippen molar-refractivity contribution in [2.24, 2.45) is 11.7 Å². The fraction of sp³-hybridized carbons (Fsp3) is 0.429. The molecule has 38 heavy (non-hydrogen) atoms. The number of nitrogens with one attached hydrogen (secondary N) is 2. The van der Waals surface area contributed by atoms with Gasteiger partial charge in [-0.3, -0.25) is 14.4 Å². The maximum Gasteiger partial charge on any atom is 0.326 e. The maximum absolute atomic E-state index is 13.3. The molecule has 4 atom stereocenters. The van der Waals surface area contributed by atoms with Gasteiger partial charge in [0.1, 0.15) is 23.9 Å². The molecule has 0 spiro atoms. The monoisotopic (exact) mass is 524 g/mol. The number of amides is 3. The zero-order valence-corrected chi connectivity index (χ0v) is 21.7. The highest BCUT2D eigenvalue weighted by molar-refractivity contribution is 5.94. The van der Waals surface area contributed by atoms with Gasteiger partial charge < -0.3 is 31.5 Å². The van der Waals surface area contributed by atoms with Crippen molar-refractivity contribution in [3.8, 4) is 5.75 Å². The molecule has 10 heteroatoms. The predicted octanol–water partition coefficient (Wildman–Crippen LogP) is 1.21. The average molecular weight is 525 g/mol. The molecular weight excluding hydrogens is 488 g/mol. The van der Waals surface area contributed by atoms with Crippen molar-refractivity contribution in [1.29, 1.82) is 0 Å². The Balaban J connectivity index is 1.77. The molecule has 3 rings (SSSR count). The van der Waals surface area contributed by atoms with E-state index in [-0.39, 0.29) is 30.4 Å². The van der Waals surface area contributed by atoms with Crippen molar-refractivity contribution in [2.75, 3.05) is 6.54 Å². The topological polar surface area (TPSA) is 162 Å². The molecule has 1 aliphatic heterocycles. The highest BCUT2D eigenvalue weighted by atomic mass is 16.4. The van der Waals surface area contributed by atoms with E-state index in [1.165, 1.54) is 17.0 Å². The highest BCUT2D eigenvalue weighted by Gasteiger charge is 2.38. The van der Waals surface area contributed by atoms with Gasteiger partial charge in [-0.1, -0.05) is 56.3 Å². The first kappa shape index (κ1) is 28.6. The summed E-state index contributed by atoms with van der Waals surface area (Å²) in [6, 6.07) is 11.3. The van der Waals surface area contributed by atoms with Crippen LogP contribution in [-0.2, 0) is 32.0 Å². The van der Waals surface area contributed by atoms with Gasteiger partial charge in [0, 0.05) is 19.4 Å². The number of likely N-dealkylation sites (tertiary alicyclic amines) is 1. The lowest BCUT2D eigenvalue weighted by atomic mass is 10.0. The number of nitrogens with zero attached hydrogens (tertiary/aromatic N) is 1. The average Bonchev–Trinajstić information content (AvgIpc) is 3.39. The summed E-state index contributed by atoms with van der Waals surface area (Å²) in [5, 5.41) is 24.5. The van der Waals surface area contributed by atoms with Crippen molar-refractivity contribution in [3.05, 3.63) is 65.7 Å². The van der Waals surface area contributed by atoms with Crippen LogP contribution in [-0.4, -0.2) is 69.5 Å². The molecule has 1 fully saturated rings. The SMILES string of the molecule is CC(C)[C@H](N)C(=O)N1CCC[C@H]1C(=O)N[C@@H](Cc1ccccc1)C(=O)N[C@@H](Cc1ccc(O)cc1)C(=O)O. The molecule has 1 aliphatic rings. The number of nitrogens with two attached hydrogens (primary N) is 1. The van der Waals surface area contributed by atoms with Crippen molar-refractivity contribution >= 4 is 23.7 Å². The number of phenols is 1. The van der Waals surface area contributed by atoms with Crippen LogP contribution in [0.1, 0.15) is 37.8 Å². The second-order valence-electron chi connectivity index (χ2n) is 9.98. The molecule has 0 aromatic heterocycles. The van der Waals surface area contributed by atoms with E-state index < -0.39 is 42.0 Å². The standard InChI is InChI=1S/C28H36N4O6/c1-17(2)24(29)27(36)32-14-6-9-23(32)26(35)30-21(15-18-7-4-3-5-8-18)25(34)31-22(28(37)38)16-19-10-12-20(33)13-11-19/h3-5,7-8,10-13,17,21-24,33H,6,9,14-16,29H2,1-2H3,(H,30,35)(H,31,34)(H,37,38)/t21-,22-,23-,24-/m0/s1. The Morgan fingerprint density at radius 3 is 2.16 bits per heavy atom. The summed E-state index contributed by atoms with van der Waals surface area (Å²) < 4.78 is 0. The normalized spacial score (nSPS) is 17.5. The number of rotatable bonds is 11. The number of aliphatic carboxylic acids is 1. The van der Waals surface area contributed by atoms with Gasteiger partial charge in [-0.25, -0.2) is 4.79 Å². The molecule has 0 radical (unpaired) electrons. The van der Waals surface area contributed by atoms with Crippen LogP contribution in [0.5, 0.6) is 5.75 Å². The van der Waals surface area contributed by atoms with Crippen LogP contribution < -0.4 is 16.4 Å². The number of carbonyl (C=O) groups excluding carboxylic acids is 3. The second-order valence-corrected chi connectivity index (χ2v) is 9.98. The molecule has 2 aromatic carbocycles. The van der Waals surface area contributed by atoms with E-state index in [4.69, 9.17) is 5.73 Å². The zero-order valence-electron chi connectivity index (χ0n) is 21.7. The van der Waals surface area contributed by atoms with Crippen LogP contribution in [0.25, 0.3) is 0 Å². The van der Waals surface area contributed by atoms with Gasteiger partial charge in [0.25, 0.3) is 0 Å². The Labute approximate surface area is 222 Å². The van der Waals surface area contributed by atoms with Gasteiger partial charge in [0.15, 0.2) is 0 Å². The van der Waals surface area contributed by atoms with Crippen molar-refractivity contribution in [2.45, 2.75) is 63.7 Å². The van der Waals surface area contributed by atoms with Crippen LogP contribution >= 0.6 is 0 Å². The number of carbonyl (C=O) groups is 4. The fourth-order valence-corrected chi connectivity index (χ4v) is 4.45. The third-order valence-electron chi connectivity index (χ3n) is 6.75. The molecule has 10 nitrogen and oxygen atoms in total. The van der Waals surface area contributed by atoms with E-state index in [2.05, 4.69) is 10.6 Å². The zero-order chi connectivity index (χ0) is 27.8. The van der Waals surface area contributed by atoms with Crippen LogP contribution in [0.3, 0.4) is 0 Å². The van der Waals surface area contributed by atoms with Gasteiger partial charge in [0.05, 0.1) is 6.04 Å². The molecule has 0 unspecified atom stereocenters. The van der Waals surface area contributed by atoms with Crippen LogP contribution in [0.15, 0.2) is 54.6 Å². The molecule has 0 saturated carbocycles. The van der Waals surface area contributed by atoms with Gasteiger partial charge in [0.2, 0.25) is 17.7 Å². The quantitative estimate of drug-likeness (QED) is 0.295. The molecule has 1 heterocycles. The van der Waals surface area contributed by atoms with E-state index in [9.17, 15) is 29.4 Å². The fourth-order valence-electron chi connectivity index (χ4n) is 4.45. The Bertz CT molecular complexity index is 1120. The number of phenolic OH excluding ortho intramolecular Hbond substituents is 1. The third kappa shape index (κ3) is 7.55. The molecule has 6 N–H and O–H groups in total. The number of carboxylic acids is 1. The summed E-state index contributed by atoms with van der Waals surface area (Å²) in [4.78, 5) is 53.0. The summed E-state index contributed by atoms with van der Waals surface area (Å²) in [7, 11) is 0. The largest absolute Gasteiger partial charge is 0.508 e. The molecule has 2 aromatic rings. The Kier molecular flexibility index (Phi) is 9.84. The van der Waals surface area contributed by atoms with Crippen molar-refractivity contribution in [1.82, 2.24) is 15.5 Å². The van der Waals surface area contributed by atoms with Crippen molar-refractivity contribution < 1.29 is 29.4 Å². The van der Waals surface area contributed by atoms with Crippen LogP contribution in [0, 0.1) is 5.92 Å². The van der Waals surface area contributed by atoms with E-state index in [1.807, 2.05) is 44.2 Å². The summed E-state index contributed by atoms with van der Waals surface area (Å²) in [5.74, 6) is -2.71. The summed E-state index contributed by atoms with van der Waals surface area (Å²) in [6.07, 6.45) is 1.21. The first-order valence-electron chi connectivity index (χ1n) is 12.8. The second kappa shape index (κ2) is 13.0. The van der Waals surface area contributed by atoms with Crippen LogP contribution in [0.4, 0.5) is 0 Å². The van der Waals surface area contributed by atoms with E-state index in [0.29, 0.717) is 24.9 Å². The predicted molar refractivity (Wildman–Crippen MR) is 141 cm³/mol. The van der Waals surface area contributed by atoms with Gasteiger partial charge >= 0.3 is 5.97 Å². The van der Waals surface area contributed by atoms with Crippen LogP contribution in [0.2, 0.25) is 0 Å². The summed E-state index contributed by atoms with van der Waals surface area (Å²) in [5.41, 5.74) is 7.44. The summed E-state index contributed by atoms with van der Waals surface area (Å²) >= 11 is 0. The first-order valence-corrected chi connectivity index (χ1v) is 12.8. The third-order valence-corrected chi connectivity index (χ3v) is 6.75. The minimum Gasteiger partial charge on any atom is -0.508 e. The lowest BCUT2D eigenvalue weighted by molar-refractivity contribution is -0.143. The molecule has 0 bridgehead atoms. The smallest absolute Gasteiger partial charge is 0.326 e. The number of benzene rings is 2. The number of aromatic hydroxyl groups is 1. The Morgan fingerprint density at radius 2 is 1.55 bits per heavy atom. The van der Waals surface area contributed by atoms with Crippen molar-refractivity contribution in [3.63, 3.8) is 0 Å². The molecule has 3 amide bonds. The minimum absolute atomic E-state index is 0.00858. The van der Waals surface area contributed by atoms with Gasteiger partial charge in [-0.15, -0.1) is 0 Å². The van der Waals surface area contributed by atoms with E-state index in [1.54, 1.807) is 12.1 Å². The van der Waals surface area contributed by atoms with Gasteiger partial charge in [-0.05, 0) is 42.0 Å². The molecule has 1 saturated heterocycles. The molecule has 204 valence electrons. The lowest BCUT2D eigenvalue weighted by Crippen LogP contribution is -2.57. The number of carboxylic acid groups (broad SMARTS) is 1. The number of hydrogen-bond donors (Lipinski definition) is 5. The van der Waals surface area contributed by atoms with E-state index in [0.717, 1.165) is 5.56 Å². The molecule has 0 aliphatic carbocycles. The summed E-state index contributed by atoms with van der Waals surface area (Å²) in [6.45, 7) is 4.08. The van der Waals surface area contributed by atoms with Gasteiger partial charge in [-0.2, -0.15) is 0 Å². The Morgan fingerprint density at radius 1 is 0.947 bits per heavy atom. The maximum atomic E-state index is 13.3. The lowest BCUT2D eigenvalue weighted by Gasteiger charge is -2.29. The highest BCUT2D eigenvalue weighted by Crippen LogP contribution is 2.20. The Hall–Kier alpha value is -3.92. The first-order chi connectivity index (χ1) is 18.1. The van der Waals surface area contributed by atoms with E-state index >= 15 is 0 Å². The minimum atomic E-state index is -1.25.